The predicted octanol–water partition coefficient (Wildman–Crippen LogP) is 4.84. The van der Waals surface area contributed by atoms with Gasteiger partial charge in [-0.3, -0.25) is 4.79 Å². The Balaban J connectivity index is 1.38. The lowest BCUT2D eigenvalue weighted by molar-refractivity contribution is -0.123. The molecule has 36 heavy (non-hydrogen) atoms. The summed E-state index contributed by atoms with van der Waals surface area (Å²) in [7, 11) is -3.90. The van der Waals surface area contributed by atoms with Gasteiger partial charge in [0.25, 0.3) is 0 Å². The molecule has 2 aromatic carbocycles. The van der Waals surface area contributed by atoms with E-state index >= 15 is 0 Å². The van der Waals surface area contributed by atoms with E-state index in [1.165, 1.54) is 4.31 Å². The van der Waals surface area contributed by atoms with Crippen LogP contribution in [0.15, 0.2) is 57.9 Å². The van der Waals surface area contributed by atoms with Crippen molar-refractivity contribution in [3.8, 4) is 0 Å². The molecule has 0 N–H and O–H groups in total. The zero-order valence-corrected chi connectivity index (χ0v) is 21.7. The molecule has 1 amide bonds. The molecule has 0 aliphatic carbocycles. The molecule has 5 rings (SSSR count). The number of anilines is 1. The van der Waals surface area contributed by atoms with Crippen molar-refractivity contribution in [1.82, 2.24) is 9.46 Å². The van der Waals surface area contributed by atoms with Crippen LogP contribution in [0.5, 0.6) is 0 Å². The molecule has 3 heterocycles. The average Bonchev–Trinajstić information content (AvgIpc) is 3.42. The number of para-hydroxylation sites is 1. The maximum atomic E-state index is 13.8. The summed E-state index contributed by atoms with van der Waals surface area (Å²) in [6, 6.07) is 15.9. The number of benzene rings is 2. The Kier molecular flexibility index (Phi) is 6.57. The summed E-state index contributed by atoms with van der Waals surface area (Å²) in [6.45, 7) is 6.21. The molecule has 2 aliphatic heterocycles. The summed E-state index contributed by atoms with van der Waals surface area (Å²) in [5, 5.41) is 3.95. The van der Waals surface area contributed by atoms with Gasteiger partial charge in [-0.25, -0.2) is 8.42 Å². The van der Waals surface area contributed by atoms with Crippen molar-refractivity contribution in [3.05, 3.63) is 76.7 Å². The number of fused-ring (bicyclic) bond motifs is 1. The van der Waals surface area contributed by atoms with Crippen molar-refractivity contribution in [1.29, 1.82) is 0 Å². The van der Waals surface area contributed by atoms with Crippen LogP contribution in [-0.2, 0) is 21.2 Å². The monoisotopic (exact) mass is 505 g/mol. The van der Waals surface area contributed by atoms with Gasteiger partial charge in [-0.15, -0.1) is 0 Å². The van der Waals surface area contributed by atoms with Gasteiger partial charge in [-0.05, 0) is 63.3 Å². The molecule has 8 heteroatoms. The second-order valence-electron chi connectivity index (χ2n) is 9.80. The van der Waals surface area contributed by atoms with Gasteiger partial charge in [0.15, 0.2) is 10.7 Å². The Morgan fingerprint density at radius 1 is 1.08 bits per heavy atom. The van der Waals surface area contributed by atoms with Crippen molar-refractivity contribution in [2.24, 2.45) is 5.92 Å². The number of hydrogen-bond acceptors (Lipinski definition) is 5. The third-order valence-electron chi connectivity index (χ3n) is 7.11. The summed E-state index contributed by atoms with van der Waals surface area (Å²) in [5.41, 5.74) is 4.49. The second kappa shape index (κ2) is 9.67. The first-order chi connectivity index (χ1) is 17.3. The molecule has 1 saturated heterocycles. The van der Waals surface area contributed by atoms with E-state index in [1.54, 1.807) is 13.0 Å². The summed E-state index contributed by atoms with van der Waals surface area (Å²) in [5.74, 6) is -0.202. The number of carbonyl (C=O) groups excluding carboxylic acids is 1. The van der Waals surface area contributed by atoms with Crippen molar-refractivity contribution < 1.29 is 17.7 Å². The fourth-order valence-corrected chi connectivity index (χ4v) is 7.01. The van der Waals surface area contributed by atoms with E-state index in [2.05, 4.69) is 11.2 Å². The molecule has 2 atom stereocenters. The van der Waals surface area contributed by atoms with Crippen LogP contribution in [0.4, 0.5) is 5.69 Å². The number of aryl methyl sites for hydroxylation is 2. The summed E-state index contributed by atoms with van der Waals surface area (Å²) in [6.07, 6.45) is 5.56. The van der Waals surface area contributed by atoms with E-state index in [1.807, 2.05) is 67.3 Å². The van der Waals surface area contributed by atoms with E-state index < -0.39 is 15.9 Å². The Labute approximate surface area is 212 Å². The van der Waals surface area contributed by atoms with E-state index in [0.717, 1.165) is 28.8 Å². The highest BCUT2D eigenvalue weighted by atomic mass is 32.2. The summed E-state index contributed by atoms with van der Waals surface area (Å²) < 4.78 is 34.4. The first kappa shape index (κ1) is 24.5. The number of amides is 1. The maximum Gasteiger partial charge on any atom is 0.248 e. The van der Waals surface area contributed by atoms with E-state index in [0.29, 0.717) is 25.1 Å². The molecule has 1 aromatic heterocycles. The Morgan fingerprint density at radius 3 is 2.61 bits per heavy atom. The number of sulfonamides is 1. The van der Waals surface area contributed by atoms with E-state index in [-0.39, 0.29) is 29.1 Å². The van der Waals surface area contributed by atoms with Crippen LogP contribution in [0.2, 0.25) is 0 Å². The van der Waals surface area contributed by atoms with Gasteiger partial charge in [-0.2, -0.15) is 4.31 Å². The quantitative estimate of drug-likeness (QED) is 0.495. The van der Waals surface area contributed by atoms with Crippen molar-refractivity contribution in [2.45, 2.75) is 51.0 Å². The molecule has 0 radical (unpaired) electrons. The topological polar surface area (TPSA) is 83.7 Å². The van der Waals surface area contributed by atoms with Gasteiger partial charge >= 0.3 is 0 Å². The minimum atomic E-state index is -3.90. The highest BCUT2D eigenvalue weighted by molar-refractivity contribution is 7.89. The van der Waals surface area contributed by atoms with Gasteiger partial charge in [0.1, 0.15) is 5.69 Å². The molecule has 0 bridgehead atoms. The summed E-state index contributed by atoms with van der Waals surface area (Å²) >= 11 is 0. The molecular formula is C28H31N3O4S. The van der Waals surface area contributed by atoms with Crippen LogP contribution in [0, 0.1) is 19.8 Å². The first-order valence-corrected chi connectivity index (χ1v) is 13.8. The van der Waals surface area contributed by atoms with Crippen LogP contribution in [0.25, 0.3) is 12.2 Å². The van der Waals surface area contributed by atoms with Crippen molar-refractivity contribution in [3.63, 3.8) is 0 Å². The Bertz CT molecular complexity index is 1410. The standard InChI is InChI=1S/C28H31N3O4S/c1-19-10-12-22(13-11-19)14-15-26-27(21(3)29-35-26)36(33,34)30-16-6-8-24(18-30)28(32)31-20(2)17-23-7-4-5-9-25(23)31/h4-5,7,9-15,20,24H,6,8,16-18H2,1-3H3/b15-14+. The Hall–Kier alpha value is -3.23. The number of aromatic nitrogens is 1. The van der Waals surface area contributed by atoms with Gasteiger partial charge in [-0.1, -0.05) is 59.3 Å². The fourth-order valence-electron chi connectivity index (χ4n) is 5.24. The van der Waals surface area contributed by atoms with Gasteiger partial charge in [0, 0.05) is 24.8 Å². The van der Waals surface area contributed by atoms with Crippen LogP contribution in [-0.4, -0.2) is 42.9 Å². The minimum Gasteiger partial charge on any atom is -0.355 e. The van der Waals surface area contributed by atoms with Crippen molar-refractivity contribution in [2.75, 3.05) is 18.0 Å². The van der Waals surface area contributed by atoms with Crippen LogP contribution >= 0.6 is 0 Å². The number of rotatable bonds is 5. The lowest BCUT2D eigenvalue weighted by Crippen LogP contribution is -2.48. The SMILES string of the molecule is Cc1ccc(/C=C/c2onc(C)c2S(=O)(=O)N2CCCC(C(=O)N3c4ccccc4CC3C)C2)cc1. The van der Waals surface area contributed by atoms with Crippen molar-refractivity contribution >= 4 is 33.8 Å². The largest absolute Gasteiger partial charge is 0.355 e. The fraction of sp³-hybridized carbons (Fsp3) is 0.357. The minimum absolute atomic E-state index is 0.00567. The third kappa shape index (κ3) is 4.51. The molecule has 0 saturated carbocycles. The van der Waals surface area contributed by atoms with Gasteiger partial charge in [0.2, 0.25) is 15.9 Å². The molecule has 0 spiro atoms. The zero-order chi connectivity index (χ0) is 25.4. The molecule has 2 aliphatic rings. The highest BCUT2D eigenvalue weighted by Crippen LogP contribution is 2.35. The average molecular weight is 506 g/mol. The first-order valence-electron chi connectivity index (χ1n) is 12.4. The Morgan fingerprint density at radius 2 is 1.83 bits per heavy atom. The molecular weight excluding hydrogens is 474 g/mol. The lowest BCUT2D eigenvalue weighted by atomic mass is 9.97. The molecule has 1 fully saturated rings. The molecule has 3 aromatic rings. The van der Waals surface area contributed by atoms with E-state index in [9.17, 15) is 13.2 Å². The van der Waals surface area contributed by atoms with Crippen LogP contribution < -0.4 is 4.90 Å². The molecule has 2 unspecified atom stereocenters. The highest BCUT2D eigenvalue weighted by Gasteiger charge is 2.40. The molecule has 188 valence electrons. The van der Waals surface area contributed by atoms with Gasteiger partial charge in [0.05, 0.1) is 5.92 Å². The van der Waals surface area contributed by atoms with Gasteiger partial charge < -0.3 is 9.42 Å². The van der Waals surface area contributed by atoms with Crippen LogP contribution in [0.3, 0.4) is 0 Å². The van der Waals surface area contributed by atoms with E-state index in [4.69, 9.17) is 4.52 Å². The number of carbonyl (C=O) groups is 1. The normalized spacial score (nSPS) is 20.7. The maximum absolute atomic E-state index is 13.8. The lowest BCUT2D eigenvalue weighted by Gasteiger charge is -2.34. The smallest absolute Gasteiger partial charge is 0.248 e. The second-order valence-corrected chi connectivity index (χ2v) is 11.7. The van der Waals surface area contributed by atoms with Crippen LogP contribution in [0.1, 0.15) is 47.9 Å². The number of hydrogen-bond donors (Lipinski definition) is 0. The number of nitrogens with zero attached hydrogens (tertiary/aromatic N) is 3. The molecule has 7 nitrogen and oxygen atoms in total. The summed E-state index contributed by atoms with van der Waals surface area (Å²) in [4.78, 5) is 15.5. The third-order valence-corrected chi connectivity index (χ3v) is 9.14. The zero-order valence-electron chi connectivity index (χ0n) is 20.8. The number of piperidine rings is 1. The predicted molar refractivity (Wildman–Crippen MR) is 140 cm³/mol.